The van der Waals surface area contributed by atoms with E-state index >= 15 is 0 Å². The summed E-state index contributed by atoms with van der Waals surface area (Å²) in [7, 11) is 6.17. The van der Waals surface area contributed by atoms with Gasteiger partial charge in [0.15, 0.2) is 17.3 Å². The van der Waals surface area contributed by atoms with Gasteiger partial charge < -0.3 is 18.8 Å². The third-order valence-electron chi connectivity index (χ3n) is 4.43. The lowest BCUT2D eigenvalue weighted by atomic mass is 10.1. The van der Waals surface area contributed by atoms with Gasteiger partial charge in [0.25, 0.3) is 0 Å². The molecule has 1 atom stereocenters. The van der Waals surface area contributed by atoms with Gasteiger partial charge >= 0.3 is 11.1 Å². The van der Waals surface area contributed by atoms with E-state index in [0.29, 0.717) is 33.4 Å². The van der Waals surface area contributed by atoms with Crippen LogP contribution < -0.4 is 9.47 Å². The Morgan fingerprint density at radius 2 is 2.00 bits per heavy atom. The van der Waals surface area contributed by atoms with Gasteiger partial charge in [-0.15, -0.1) is 0 Å². The predicted octanol–water partition coefficient (Wildman–Crippen LogP) is 2.39. The Hall–Kier alpha value is -2.78. The fourth-order valence-corrected chi connectivity index (χ4v) is 4.18. The molecule has 9 heteroatoms. The number of hydrogen-bond acceptors (Lipinski definition) is 7. The molecule has 28 heavy (non-hydrogen) atoms. The van der Waals surface area contributed by atoms with Crippen molar-refractivity contribution in [1.82, 2.24) is 14.5 Å². The van der Waals surface area contributed by atoms with Crippen LogP contribution in [0.25, 0.3) is 11.0 Å². The average molecular weight is 403 g/mol. The lowest BCUT2D eigenvalue weighted by molar-refractivity contribution is 0.0600. The van der Waals surface area contributed by atoms with E-state index in [9.17, 15) is 9.35 Å². The van der Waals surface area contributed by atoms with E-state index in [4.69, 9.17) is 14.2 Å². The number of aromatic nitrogens is 3. The molecule has 0 saturated heterocycles. The van der Waals surface area contributed by atoms with Crippen molar-refractivity contribution in [3.05, 3.63) is 41.2 Å². The highest BCUT2D eigenvalue weighted by Crippen LogP contribution is 2.32. The number of benzene rings is 1. The molecule has 0 bridgehead atoms. The molecule has 8 nitrogen and oxygen atoms in total. The highest BCUT2D eigenvalue weighted by molar-refractivity contribution is 7.90. The van der Waals surface area contributed by atoms with Gasteiger partial charge in [0, 0.05) is 30.5 Å². The second-order valence-corrected chi connectivity index (χ2v) is 7.43. The highest BCUT2D eigenvalue weighted by atomic mass is 32.2. The molecule has 1 aromatic carbocycles. The standard InChI is InChI=1S/C19H21N3O5S/c1-11-8-15-13(9-12(11)18(23)27-5)21-19(22(15)2)28(24)10-14-17(26-4)16(25-3)6-7-20-14/h6-9H,10H2,1-5H3. The molecule has 1 unspecified atom stereocenters. The zero-order chi connectivity index (χ0) is 20.4. The fourth-order valence-electron chi connectivity index (χ4n) is 3.00. The van der Waals surface area contributed by atoms with Crippen LogP contribution in [-0.4, -0.2) is 46.4 Å². The lowest BCUT2D eigenvalue weighted by Crippen LogP contribution is -2.13. The summed E-state index contributed by atoms with van der Waals surface area (Å²) in [5, 5.41) is 0.378. The van der Waals surface area contributed by atoms with Crippen molar-refractivity contribution in [2.75, 3.05) is 21.3 Å². The van der Waals surface area contributed by atoms with E-state index in [1.165, 1.54) is 21.3 Å². The topological polar surface area (TPSA) is 98.5 Å². The molecule has 0 aliphatic heterocycles. The molecule has 0 saturated carbocycles. The maximum atomic E-state index is 13.0. The SMILES string of the molecule is COC(=O)c1cc2nc([S+]([O-])Cc3nccc(OC)c3OC)n(C)c2cc1C. The number of imidazole rings is 1. The Kier molecular flexibility index (Phi) is 5.76. The number of methoxy groups -OCH3 is 3. The van der Waals surface area contributed by atoms with E-state index < -0.39 is 17.1 Å². The molecule has 2 heterocycles. The van der Waals surface area contributed by atoms with Crippen LogP contribution in [0, 0.1) is 6.92 Å². The molecule has 0 amide bonds. The minimum Gasteiger partial charge on any atom is -0.609 e. The van der Waals surface area contributed by atoms with E-state index in [-0.39, 0.29) is 5.75 Å². The number of hydrogen-bond donors (Lipinski definition) is 0. The maximum absolute atomic E-state index is 13.0. The quantitative estimate of drug-likeness (QED) is 0.460. The van der Waals surface area contributed by atoms with Crippen LogP contribution in [0.15, 0.2) is 29.6 Å². The Bertz CT molecular complexity index is 1030. The van der Waals surface area contributed by atoms with E-state index in [1.807, 2.05) is 13.0 Å². The third kappa shape index (κ3) is 3.50. The van der Waals surface area contributed by atoms with Crippen LogP contribution in [-0.2, 0) is 28.7 Å². The molecule has 0 spiro atoms. The number of aryl methyl sites for hydroxylation is 2. The zero-order valence-corrected chi connectivity index (χ0v) is 17.1. The summed E-state index contributed by atoms with van der Waals surface area (Å²) in [6.45, 7) is 1.82. The number of pyridine rings is 1. The second-order valence-electron chi connectivity index (χ2n) is 6.08. The minimum absolute atomic E-state index is 0.111. The van der Waals surface area contributed by atoms with Gasteiger partial charge in [-0.05, 0) is 24.6 Å². The average Bonchev–Trinajstić information content (AvgIpc) is 3.02. The molecule has 148 valence electrons. The van der Waals surface area contributed by atoms with Crippen molar-refractivity contribution in [1.29, 1.82) is 0 Å². The van der Waals surface area contributed by atoms with E-state index in [2.05, 4.69) is 9.97 Å². The van der Waals surface area contributed by atoms with E-state index in [1.54, 1.807) is 29.9 Å². The molecule has 3 aromatic rings. The Morgan fingerprint density at radius 1 is 1.25 bits per heavy atom. The number of esters is 1. The normalized spacial score (nSPS) is 12.1. The lowest BCUT2D eigenvalue weighted by Gasteiger charge is -2.13. The second kappa shape index (κ2) is 8.07. The summed E-state index contributed by atoms with van der Waals surface area (Å²) in [6.07, 6.45) is 1.58. The minimum atomic E-state index is -1.49. The van der Waals surface area contributed by atoms with Crippen LogP contribution >= 0.6 is 0 Å². The van der Waals surface area contributed by atoms with Gasteiger partial charge in [-0.3, -0.25) is 9.55 Å². The number of carbonyl (C=O) groups is 1. The van der Waals surface area contributed by atoms with Crippen molar-refractivity contribution in [3.63, 3.8) is 0 Å². The summed E-state index contributed by atoms with van der Waals surface area (Å²) in [6, 6.07) is 5.17. The van der Waals surface area contributed by atoms with Crippen molar-refractivity contribution >= 4 is 28.2 Å². The Labute approximate surface area is 165 Å². The summed E-state index contributed by atoms with van der Waals surface area (Å²) < 4.78 is 30.2. The summed E-state index contributed by atoms with van der Waals surface area (Å²) in [4.78, 5) is 20.7. The fraction of sp³-hybridized carbons (Fsp3) is 0.316. The Morgan fingerprint density at radius 3 is 2.64 bits per heavy atom. The smallest absolute Gasteiger partial charge is 0.338 e. The molecule has 2 aromatic heterocycles. The van der Waals surface area contributed by atoms with Gasteiger partial charge in [0.2, 0.25) is 0 Å². The first kappa shape index (κ1) is 20.0. The van der Waals surface area contributed by atoms with Gasteiger partial charge in [-0.25, -0.2) is 4.79 Å². The molecular formula is C19H21N3O5S. The van der Waals surface area contributed by atoms with Gasteiger partial charge in [-0.2, -0.15) is 4.98 Å². The number of ether oxygens (including phenoxy) is 3. The van der Waals surface area contributed by atoms with Gasteiger partial charge in [0.05, 0.1) is 37.9 Å². The first-order valence-corrected chi connectivity index (χ1v) is 9.72. The van der Waals surface area contributed by atoms with Crippen LogP contribution in [0.4, 0.5) is 0 Å². The van der Waals surface area contributed by atoms with Crippen LogP contribution in [0.5, 0.6) is 11.5 Å². The van der Waals surface area contributed by atoms with Crippen LogP contribution in [0.3, 0.4) is 0 Å². The van der Waals surface area contributed by atoms with Crippen molar-refractivity contribution in [2.24, 2.45) is 7.05 Å². The Balaban J connectivity index is 2.00. The van der Waals surface area contributed by atoms with Crippen molar-refractivity contribution < 1.29 is 23.6 Å². The number of carbonyl (C=O) groups excluding carboxylic acids is 1. The molecule has 0 aliphatic carbocycles. The van der Waals surface area contributed by atoms with Crippen LogP contribution in [0.1, 0.15) is 21.6 Å². The predicted molar refractivity (Wildman–Crippen MR) is 104 cm³/mol. The summed E-state index contributed by atoms with van der Waals surface area (Å²) >= 11 is -1.49. The highest BCUT2D eigenvalue weighted by Gasteiger charge is 2.25. The monoisotopic (exact) mass is 403 g/mol. The largest absolute Gasteiger partial charge is 0.609 e. The van der Waals surface area contributed by atoms with E-state index in [0.717, 1.165) is 11.1 Å². The molecule has 0 N–H and O–H groups in total. The molecule has 0 fully saturated rings. The number of fused-ring (bicyclic) bond motifs is 1. The molecular weight excluding hydrogens is 382 g/mol. The number of nitrogens with zero attached hydrogens (tertiary/aromatic N) is 3. The van der Waals surface area contributed by atoms with Crippen molar-refractivity contribution in [2.45, 2.75) is 17.8 Å². The van der Waals surface area contributed by atoms with Crippen LogP contribution in [0.2, 0.25) is 0 Å². The van der Waals surface area contributed by atoms with Gasteiger partial charge in [0.1, 0.15) is 5.69 Å². The molecule has 0 radical (unpaired) electrons. The first-order chi connectivity index (χ1) is 13.4. The van der Waals surface area contributed by atoms with Crippen molar-refractivity contribution in [3.8, 4) is 11.5 Å². The molecule has 0 aliphatic rings. The first-order valence-electron chi connectivity index (χ1n) is 8.40. The third-order valence-corrected chi connectivity index (χ3v) is 5.74. The maximum Gasteiger partial charge on any atom is 0.338 e. The summed E-state index contributed by atoms with van der Waals surface area (Å²) in [5.74, 6) is 0.646. The van der Waals surface area contributed by atoms with Gasteiger partial charge in [-0.1, -0.05) is 0 Å². The molecule has 3 rings (SSSR count). The summed E-state index contributed by atoms with van der Waals surface area (Å²) in [5.41, 5.74) is 3.05. The zero-order valence-electron chi connectivity index (χ0n) is 16.3. The number of rotatable bonds is 6.